The van der Waals surface area contributed by atoms with Crippen LogP contribution >= 0.6 is 11.6 Å². The predicted octanol–water partition coefficient (Wildman–Crippen LogP) is 8.35. The Bertz CT molecular complexity index is 1630. The fourth-order valence-corrected chi connectivity index (χ4v) is 4.98. The maximum Gasteiger partial charge on any atom is 0.0547 e. The van der Waals surface area contributed by atoms with E-state index in [9.17, 15) is 0 Å². The van der Waals surface area contributed by atoms with Crippen molar-refractivity contribution in [3.8, 4) is 27.9 Å². The summed E-state index contributed by atoms with van der Waals surface area (Å²) in [6, 6.07) is 39.5. The second-order valence-electron chi connectivity index (χ2n) is 8.17. The van der Waals surface area contributed by atoms with Crippen LogP contribution in [0.2, 0.25) is 5.02 Å². The summed E-state index contributed by atoms with van der Waals surface area (Å²) in [5.41, 5.74) is 14.8. The molecule has 1 heterocycles. The predicted molar refractivity (Wildman–Crippen MR) is 141 cm³/mol. The highest BCUT2D eigenvalue weighted by Crippen LogP contribution is 2.43. The summed E-state index contributed by atoms with van der Waals surface area (Å²) in [7, 11) is 0. The first-order valence-electron chi connectivity index (χ1n) is 10.9. The highest BCUT2D eigenvalue weighted by Gasteiger charge is 2.19. The molecule has 3 heteroatoms. The minimum Gasteiger partial charge on any atom is -0.398 e. The zero-order chi connectivity index (χ0) is 22.4. The van der Waals surface area contributed by atoms with Gasteiger partial charge in [-0.15, -0.1) is 0 Å². The molecule has 0 amide bonds. The summed E-state index contributed by atoms with van der Waals surface area (Å²) in [6.07, 6.45) is 0. The third-order valence-electron chi connectivity index (χ3n) is 6.24. The number of benzene rings is 5. The van der Waals surface area contributed by atoms with Gasteiger partial charge >= 0.3 is 0 Å². The number of nitrogens with zero attached hydrogens (tertiary/aromatic N) is 1. The Balaban J connectivity index is 1.80. The molecule has 0 fully saturated rings. The molecule has 5 aromatic carbocycles. The molecule has 0 saturated heterocycles. The summed E-state index contributed by atoms with van der Waals surface area (Å²) in [5.74, 6) is 0. The van der Waals surface area contributed by atoms with E-state index in [2.05, 4.69) is 77.4 Å². The van der Waals surface area contributed by atoms with Gasteiger partial charge in [0.05, 0.1) is 11.0 Å². The molecular weight excluding hydrogens is 424 g/mol. The molecule has 2 N–H and O–H groups in total. The van der Waals surface area contributed by atoms with Crippen LogP contribution in [0.3, 0.4) is 0 Å². The van der Waals surface area contributed by atoms with Gasteiger partial charge in [-0.3, -0.25) is 0 Å². The zero-order valence-corrected chi connectivity index (χ0v) is 18.6. The Kier molecular flexibility index (Phi) is 4.67. The topological polar surface area (TPSA) is 30.9 Å². The lowest BCUT2D eigenvalue weighted by atomic mass is 9.92. The van der Waals surface area contributed by atoms with Crippen LogP contribution < -0.4 is 5.73 Å². The summed E-state index contributed by atoms with van der Waals surface area (Å²) in [6.45, 7) is 0. The Morgan fingerprint density at radius 2 is 1.15 bits per heavy atom. The first-order chi connectivity index (χ1) is 16.2. The zero-order valence-electron chi connectivity index (χ0n) is 17.9. The number of aromatic nitrogens is 1. The van der Waals surface area contributed by atoms with Crippen molar-refractivity contribution < 1.29 is 0 Å². The largest absolute Gasteiger partial charge is 0.398 e. The van der Waals surface area contributed by atoms with Gasteiger partial charge in [0.2, 0.25) is 0 Å². The van der Waals surface area contributed by atoms with E-state index < -0.39 is 0 Å². The van der Waals surface area contributed by atoms with Crippen molar-refractivity contribution in [2.75, 3.05) is 5.73 Å². The lowest BCUT2D eigenvalue weighted by Crippen LogP contribution is -1.95. The van der Waals surface area contributed by atoms with Crippen LogP contribution in [0.25, 0.3) is 49.7 Å². The number of anilines is 1. The second kappa shape index (κ2) is 7.84. The third-order valence-corrected chi connectivity index (χ3v) is 6.57. The van der Waals surface area contributed by atoms with E-state index in [1.807, 2.05) is 42.5 Å². The molecule has 0 aliphatic carbocycles. The summed E-state index contributed by atoms with van der Waals surface area (Å²) >= 11 is 6.71. The normalized spacial score (nSPS) is 11.3. The summed E-state index contributed by atoms with van der Waals surface area (Å²) < 4.78 is 2.32. The summed E-state index contributed by atoms with van der Waals surface area (Å²) in [4.78, 5) is 0. The van der Waals surface area contributed by atoms with Crippen molar-refractivity contribution >= 4 is 39.1 Å². The molecule has 0 aliphatic heterocycles. The van der Waals surface area contributed by atoms with Crippen molar-refractivity contribution in [1.29, 1.82) is 0 Å². The quantitative estimate of drug-likeness (QED) is 0.273. The average molecular weight is 445 g/mol. The Hall–Kier alpha value is -4.01. The van der Waals surface area contributed by atoms with E-state index in [1.54, 1.807) is 0 Å². The number of hydrogen-bond acceptors (Lipinski definition) is 1. The minimum absolute atomic E-state index is 0.718. The van der Waals surface area contributed by atoms with Crippen LogP contribution in [0.15, 0.2) is 115 Å². The molecule has 33 heavy (non-hydrogen) atoms. The molecule has 1 aromatic heterocycles. The summed E-state index contributed by atoms with van der Waals surface area (Å²) in [5, 5.41) is 3.11. The molecule has 0 unspecified atom stereocenters. The second-order valence-corrected chi connectivity index (χ2v) is 8.58. The smallest absolute Gasteiger partial charge is 0.0547 e. The first kappa shape index (κ1) is 19.7. The van der Waals surface area contributed by atoms with Gasteiger partial charge in [-0.2, -0.15) is 0 Å². The van der Waals surface area contributed by atoms with Gasteiger partial charge in [0.25, 0.3) is 0 Å². The highest BCUT2D eigenvalue weighted by atomic mass is 35.5. The van der Waals surface area contributed by atoms with Gasteiger partial charge < -0.3 is 10.3 Å². The van der Waals surface area contributed by atoms with Gasteiger partial charge in [0.1, 0.15) is 0 Å². The SMILES string of the molecule is Nc1ccccc1-c1cc2c3ccccc3n(-c3ccccc3)c2cc1-c1ccccc1Cl. The van der Waals surface area contributed by atoms with Gasteiger partial charge in [0, 0.05) is 38.3 Å². The van der Waals surface area contributed by atoms with Crippen LogP contribution in [-0.4, -0.2) is 4.57 Å². The monoisotopic (exact) mass is 444 g/mol. The number of nitrogen functional groups attached to an aromatic ring is 1. The number of hydrogen-bond donors (Lipinski definition) is 1. The molecule has 0 spiro atoms. The highest BCUT2D eigenvalue weighted by molar-refractivity contribution is 6.33. The fourth-order valence-electron chi connectivity index (χ4n) is 4.74. The van der Waals surface area contributed by atoms with Gasteiger partial charge in [-0.1, -0.05) is 84.4 Å². The van der Waals surface area contributed by atoms with Crippen molar-refractivity contribution in [2.45, 2.75) is 0 Å². The first-order valence-corrected chi connectivity index (χ1v) is 11.3. The molecule has 2 nitrogen and oxygen atoms in total. The lowest BCUT2D eigenvalue weighted by Gasteiger charge is -2.15. The van der Waals surface area contributed by atoms with Gasteiger partial charge in [-0.05, 0) is 53.6 Å². The number of nitrogens with two attached hydrogens (primary N) is 1. The van der Waals surface area contributed by atoms with Gasteiger partial charge in [0.15, 0.2) is 0 Å². The van der Waals surface area contributed by atoms with E-state index in [-0.39, 0.29) is 0 Å². The van der Waals surface area contributed by atoms with E-state index in [1.165, 1.54) is 16.3 Å². The number of fused-ring (bicyclic) bond motifs is 3. The Labute approximate surface area is 197 Å². The van der Waals surface area contributed by atoms with E-state index in [4.69, 9.17) is 17.3 Å². The van der Waals surface area contributed by atoms with Crippen LogP contribution in [0.4, 0.5) is 5.69 Å². The molecule has 0 radical (unpaired) electrons. The van der Waals surface area contributed by atoms with Crippen molar-refractivity contribution in [2.24, 2.45) is 0 Å². The van der Waals surface area contributed by atoms with Crippen LogP contribution in [0, 0.1) is 0 Å². The Morgan fingerprint density at radius 3 is 1.94 bits per heavy atom. The number of rotatable bonds is 3. The van der Waals surface area contributed by atoms with Crippen LogP contribution in [-0.2, 0) is 0 Å². The molecule has 0 saturated carbocycles. The molecule has 158 valence electrons. The molecule has 0 aliphatic rings. The lowest BCUT2D eigenvalue weighted by molar-refractivity contribution is 1.18. The fraction of sp³-hybridized carbons (Fsp3) is 0. The average Bonchev–Trinajstić information content (AvgIpc) is 3.18. The maximum atomic E-state index is 6.71. The van der Waals surface area contributed by atoms with Crippen LogP contribution in [0.1, 0.15) is 0 Å². The number of halogens is 1. The molecular formula is C30H21ClN2. The van der Waals surface area contributed by atoms with Crippen LogP contribution in [0.5, 0.6) is 0 Å². The molecule has 6 rings (SSSR count). The molecule has 6 aromatic rings. The van der Waals surface area contributed by atoms with Crippen molar-refractivity contribution in [3.05, 3.63) is 120 Å². The third kappa shape index (κ3) is 3.19. The van der Waals surface area contributed by atoms with E-state index in [0.717, 1.165) is 44.2 Å². The Morgan fingerprint density at radius 1 is 0.515 bits per heavy atom. The van der Waals surface area contributed by atoms with Crippen molar-refractivity contribution in [1.82, 2.24) is 4.57 Å². The minimum atomic E-state index is 0.718. The maximum absolute atomic E-state index is 6.71. The van der Waals surface area contributed by atoms with E-state index >= 15 is 0 Å². The number of para-hydroxylation sites is 3. The molecule has 0 atom stereocenters. The van der Waals surface area contributed by atoms with E-state index in [0.29, 0.717) is 0 Å². The molecule has 0 bridgehead atoms. The standard InChI is InChI=1S/C30H21ClN2/c31-27-15-7-4-12-21(27)25-19-30-26(18-24(25)22-13-5-8-16-28(22)32)23-14-6-9-17-29(23)33(30)20-10-2-1-3-11-20/h1-19H,32H2. The van der Waals surface area contributed by atoms with Crippen molar-refractivity contribution in [3.63, 3.8) is 0 Å². The van der Waals surface area contributed by atoms with Gasteiger partial charge in [-0.25, -0.2) is 0 Å².